The van der Waals surface area contributed by atoms with Crippen molar-refractivity contribution in [3.63, 3.8) is 0 Å². The summed E-state index contributed by atoms with van der Waals surface area (Å²) >= 11 is 0. The minimum Gasteiger partial charge on any atom is -0.377 e. The Balaban J connectivity index is 0.000000130. The average molecular weight is 1180 g/mol. The van der Waals surface area contributed by atoms with Crippen LogP contribution in [0.25, 0.3) is 0 Å². The summed E-state index contributed by atoms with van der Waals surface area (Å²) in [5.74, 6) is -0.246. The highest BCUT2D eigenvalue weighted by Crippen LogP contribution is 2.33. The van der Waals surface area contributed by atoms with Gasteiger partial charge in [-0.15, -0.1) is 0 Å². The Hall–Kier alpha value is -9.11. The van der Waals surface area contributed by atoms with Crippen LogP contribution in [0.5, 0.6) is 0 Å². The molecule has 4 aliphatic rings. The van der Waals surface area contributed by atoms with E-state index in [2.05, 4.69) is 36.2 Å². The lowest BCUT2D eigenvalue weighted by Gasteiger charge is -2.16. The first kappa shape index (κ1) is 60.0. The fraction of sp³-hybridized carbons (Fsp3) is 0.254. The molecule has 9 aromatic rings. The monoisotopic (exact) mass is 1180 g/mol. The van der Waals surface area contributed by atoms with Crippen LogP contribution in [0.3, 0.4) is 0 Å². The number of amides is 4. The van der Waals surface area contributed by atoms with Crippen molar-refractivity contribution in [3.8, 4) is 0 Å². The third kappa shape index (κ3) is 15.2. The van der Waals surface area contributed by atoms with E-state index in [0.29, 0.717) is 70.5 Å². The molecule has 19 heteroatoms. The van der Waals surface area contributed by atoms with Crippen molar-refractivity contribution >= 4 is 33.7 Å². The van der Waals surface area contributed by atoms with Crippen molar-refractivity contribution in [2.24, 2.45) is 0 Å². The van der Waals surface area contributed by atoms with Crippen LogP contribution < -0.4 is 21.3 Å². The van der Waals surface area contributed by atoms with Crippen LogP contribution in [0.1, 0.15) is 142 Å². The molecule has 4 amide bonds. The number of fused-ring (bicyclic) bond motifs is 4. The van der Waals surface area contributed by atoms with Crippen molar-refractivity contribution in [2.45, 2.75) is 88.1 Å². The molecule has 13 rings (SSSR count). The van der Waals surface area contributed by atoms with Gasteiger partial charge >= 0.3 is 0 Å². The van der Waals surface area contributed by atoms with Crippen LogP contribution in [0.4, 0.5) is 0 Å². The first-order valence-electron chi connectivity index (χ1n) is 28.8. The van der Waals surface area contributed by atoms with Gasteiger partial charge in [-0.1, -0.05) is 139 Å². The molecule has 0 saturated carbocycles. The van der Waals surface area contributed by atoms with Crippen LogP contribution in [0.15, 0.2) is 200 Å². The Morgan fingerprint density at radius 3 is 1.05 bits per heavy atom. The van der Waals surface area contributed by atoms with E-state index in [1.54, 1.807) is 48.9 Å². The maximum atomic E-state index is 13.1. The van der Waals surface area contributed by atoms with Gasteiger partial charge in [0.15, 0.2) is 0 Å². The van der Waals surface area contributed by atoms with Crippen molar-refractivity contribution in [1.29, 1.82) is 0 Å². The van der Waals surface area contributed by atoms with Gasteiger partial charge in [0.05, 0.1) is 101 Å². The molecule has 86 heavy (non-hydrogen) atoms. The van der Waals surface area contributed by atoms with Gasteiger partial charge in [-0.05, 0) is 91.3 Å². The fourth-order valence-electron chi connectivity index (χ4n) is 10.5. The molecule has 444 valence electrons. The number of benzene rings is 5. The number of ether oxygens (including phenoxy) is 4. The van der Waals surface area contributed by atoms with E-state index in [-0.39, 0.29) is 46.6 Å². The molecular formula is C67H70N8O10S. The number of rotatable bonds is 22. The Kier molecular flexibility index (Phi) is 20.3. The maximum Gasteiger partial charge on any atom is 0.267 e. The van der Waals surface area contributed by atoms with Gasteiger partial charge in [-0.3, -0.25) is 19.2 Å². The van der Waals surface area contributed by atoms with E-state index >= 15 is 0 Å². The SMILES string of the molecule is Cc1ccc(S(=O)(=O)n2ccc3c2[C@@H](CCOCc2ccccc2)NC3=O)cc1.O=C1NC(CCOCc2ccccc2)c2[nH]ccc21.O=C1N[C@@H](CCOCc2ccccc2)c2[nH]ccc21.O=C1N[C@H](CCOCc2ccccc2)c2[nH]ccc21. The zero-order chi connectivity index (χ0) is 59.7. The molecular weight excluding hydrogens is 1110 g/mol. The summed E-state index contributed by atoms with van der Waals surface area (Å²) in [6.45, 7) is 6.47. The predicted octanol–water partition coefficient (Wildman–Crippen LogP) is 10.6. The smallest absolute Gasteiger partial charge is 0.267 e. The molecule has 1 unspecified atom stereocenters. The van der Waals surface area contributed by atoms with Gasteiger partial charge in [0, 0.05) is 51.2 Å². The highest BCUT2D eigenvalue weighted by atomic mass is 32.2. The van der Waals surface area contributed by atoms with Gasteiger partial charge in [0.1, 0.15) is 0 Å². The van der Waals surface area contributed by atoms with Crippen LogP contribution in [0.2, 0.25) is 0 Å². The maximum absolute atomic E-state index is 13.1. The summed E-state index contributed by atoms with van der Waals surface area (Å²) in [6.07, 6.45) is 9.71. The molecule has 4 aliphatic heterocycles. The summed E-state index contributed by atoms with van der Waals surface area (Å²) in [4.78, 5) is 56.7. The minimum atomic E-state index is -3.78. The molecule has 0 radical (unpaired) electrons. The predicted molar refractivity (Wildman–Crippen MR) is 324 cm³/mol. The van der Waals surface area contributed by atoms with Gasteiger partial charge in [0.2, 0.25) is 0 Å². The third-order valence-electron chi connectivity index (χ3n) is 15.0. The molecule has 0 aliphatic carbocycles. The van der Waals surface area contributed by atoms with Crippen LogP contribution >= 0.6 is 0 Å². The van der Waals surface area contributed by atoms with Crippen molar-refractivity contribution in [1.82, 2.24) is 40.2 Å². The van der Waals surface area contributed by atoms with E-state index in [0.717, 1.165) is 64.2 Å². The molecule has 0 fully saturated rings. The van der Waals surface area contributed by atoms with E-state index < -0.39 is 16.1 Å². The molecule has 4 atom stereocenters. The number of nitrogens with one attached hydrogen (secondary N) is 7. The lowest BCUT2D eigenvalue weighted by molar-refractivity contribution is 0.0913. The lowest BCUT2D eigenvalue weighted by Crippen LogP contribution is -2.24. The first-order chi connectivity index (χ1) is 42.0. The highest BCUT2D eigenvalue weighted by molar-refractivity contribution is 7.90. The van der Waals surface area contributed by atoms with Gasteiger partial charge in [-0.25, -0.2) is 12.4 Å². The molecule has 0 bridgehead atoms. The van der Waals surface area contributed by atoms with Gasteiger partial charge in [-0.2, -0.15) is 0 Å². The summed E-state index contributed by atoms with van der Waals surface area (Å²) < 4.78 is 50.1. The second kappa shape index (κ2) is 29.1. The van der Waals surface area contributed by atoms with Gasteiger partial charge in [0.25, 0.3) is 33.7 Å². The number of aryl methyl sites for hydroxylation is 1. The fourth-order valence-corrected chi connectivity index (χ4v) is 12.0. The largest absolute Gasteiger partial charge is 0.377 e. The van der Waals surface area contributed by atoms with Crippen molar-refractivity contribution < 1.29 is 46.5 Å². The third-order valence-corrected chi connectivity index (χ3v) is 16.7. The van der Waals surface area contributed by atoms with E-state index in [4.69, 9.17) is 18.9 Å². The quantitative estimate of drug-likeness (QED) is 0.0317. The summed E-state index contributed by atoms with van der Waals surface area (Å²) in [5, 5.41) is 11.7. The van der Waals surface area contributed by atoms with Crippen LogP contribution in [-0.4, -0.2) is 77.4 Å². The molecule has 0 saturated heterocycles. The first-order valence-corrected chi connectivity index (χ1v) is 30.2. The van der Waals surface area contributed by atoms with Crippen LogP contribution in [0, 0.1) is 6.92 Å². The topological polar surface area (TPSA) is 240 Å². The summed E-state index contributed by atoms with van der Waals surface area (Å²) in [7, 11) is -3.78. The number of nitrogens with zero attached hydrogens (tertiary/aromatic N) is 1. The number of hydrogen-bond donors (Lipinski definition) is 7. The average Bonchev–Trinajstić information content (AvgIpc) is 1.81. The van der Waals surface area contributed by atoms with E-state index in [1.807, 2.05) is 146 Å². The number of hydrogen-bond acceptors (Lipinski definition) is 10. The molecule has 8 heterocycles. The Bertz CT molecular complexity index is 3530. The van der Waals surface area contributed by atoms with Crippen molar-refractivity contribution in [3.05, 3.63) is 267 Å². The summed E-state index contributed by atoms with van der Waals surface area (Å²) in [5.41, 5.74) is 11.6. The standard InChI is InChI=1S/C22H22N2O4S.3C15H16N2O2/c1-16-7-9-18(10-8-16)29(26,27)24-13-11-19-21(24)20(23-22(19)25)12-14-28-15-17-5-3-2-4-6-17;3*18-15-12-6-8-16-14(12)13(17-15)7-9-19-10-11-4-2-1-3-5-11/h2-11,13,20H,12,14-15H2,1H3,(H,23,25);3*1-6,8,13,16H,7,9-10H2,(H,17,18)/t20-;2*13-;/m110./s1. The zero-order valence-electron chi connectivity index (χ0n) is 47.7. The number of aromatic nitrogens is 4. The molecule has 4 aromatic heterocycles. The number of carbonyl (C=O) groups excluding carboxylic acids is 4. The minimum absolute atomic E-state index is 0.00399. The molecule has 0 spiro atoms. The number of carbonyl (C=O) groups is 4. The van der Waals surface area contributed by atoms with Crippen molar-refractivity contribution in [2.75, 3.05) is 26.4 Å². The normalized spacial score (nSPS) is 16.8. The Morgan fingerprint density at radius 1 is 0.384 bits per heavy atom. The molecule has 7 N–H and O–H groups in total. The Labute approximate surface area is 500 Å². The second-order valence-electron chi connectivity index (χ2n) is 21.1. The van der Waals surface area contributed by atoms with E-state index in [9.17, 15) is 27.6 Å². The number of H-pyrrole nitrogens is 3. The Morgan fingerprint density at radius 2 is 0.698 bits per heavy atom. The molecule has 18 nitrogen and oxygen atoms in total. The zero-order valence-corrected chi connectivity index (χ0v) is 48.5. The van der Waals surface area contributed by atoms with E-state index in [1.165, 1.54) is 26.9 Å². The highest BCUT2D eigenvalue weighted by Gasteiger charge is 2.36. The summed E-state index contributed by atoms with van der Waals surface area (Å²) in [6, 6.07) is 53.5. The molecule has 5 aromatic carbocycles. The van der Waals surface area contributed by atoms with Gasteiger partial charge < -0.3 is 55.2 Å². The number of aromatic amines is 3. The lowest BCUT2D eigenvalue weighted by atomic mass is 10.1. The van der Waals surface area contributed by atoms with Crippen LogP contribution in [-0.2, 0) is 55.4 Å². The second-order valence-corrected chi connectivity index (χ2v) is 22.9.